The van der Waals surface area contributed by atoms with Crippen LogP contribution in [0, 0.1) is 0 Å². The van der Waals surface area contributed by atoms with Gasteiger partial charge in [0.05, 0.1) is 18.8 Å². The SMILES string of the molecule is CN(Cc1ccccc1N1CCOCC1)C(=O)c1cc(=O)[nH]c2ccccc12. The van der Waals surface area contributed by atoms with Crippen molar-refractivity contribution >= 4 is 22.5 Å². The quantitative estimate of drug-likeness (QED) is 0.759. The van der Waals surface area contributed by atoms with E-state index in [1.54, 1.807) is 18.0 Å². The predicted octanol–water partition coefficient (Wildman–Crippen LogP) is 2.64. The van der Waals surface area contributed by atoms with E-state index in [1.165, 1.54) is 6.07 Å². The van der Waals surface area contributed by atoms with E-state index in [1.807, 2.05) is 36.4 Å². The number of nitrogens with zero attached hydrogens (tertiary/aromatic N) is 2. The number of morpholine rings is 1. The van der Waals surface area contributed by atoms with Crippen LogP contribution in [0.2, 0.25) is 0 Å². The van der Waals surface area contributed by atoms with Crippen molar-refractivity contribution in [2.24, 2.45) is 0 Å². The van der Waals surface area contributed by atoms with Crippen molar-refractivity contribution in [2.45, 2.75) is 6.54 Å². The fraction of sp³-hybridized carbons (Fsp3) is 0.273. The molecule has 0 atom stereocenters. The molecule has 3 aromatic rings. The molecule has 28 heavy (non-hydrogen) atoms. The third-order valence-electron chi connectivity index (χ3n) is 5.08. The Labute approximate surface area is 163 Å². The Morgan fingerprint density at radius 1 is 1.11 bits per heavy atom. The van der Waals surface area contributed by atoms with Gasteiger partial charge in [-0.2, -0.15) is 0 Å². The van der Waals surface area contributed by atoms with Gasteiger partial charge in [0.2, 0.25) is 5.56 Å². The van der Waals surface area contributed by atoms with Crippen molar-refractivity contribution in [3.63, 3.8) is 0 Å². The molecular formula is C22H23N3O3. The Bertz CT molecular complexity index is 1050. The number of ether oxygens (including phenoxy) is 1. The van der Waals surface area contributed by atoms with Crippen molar-refractivity contribution in [1.82, 2.24) is 9.88 Å². The maximum atomic E-state index is 13.1. The molecule has 144 valence electrons. The molecule has 1 aromatic heterocycles. The number of H-pyrrole nitrogens is 1. The highest BCUT2D eigenvalue weighted by molar-refractivity contribution is 6.05. The zero-order valence-corrected chi connectivity index (χ0v) is 15.9. The average Bonchev–Trinajstić information content (AvgIpc) is 2.73. The summed E-state index contributed by atoms with van der Waals surface area (Å²) in [5.41, 5.74) is 3.02. The normalized spacial score (nSPS) is 14.2. The summed E-state index contributed by atoms with van der Waals surface area (Å²) in [5.74, 6) is -0.168. The molecule has 1 aliphatic rings. The number of rotatable bonds is 4. The molecule has 1 N–H and O–H groups in total. The smallest absolute Gasteiger partial charge is 0.254 e. The Hall–Kier alpha value is -3.12. The van der Waals surface area contributed by atoms with Gasteiger partial charge in [-0.3, -0.25) is 9.59 Å². The molecule has 1 aliphatic heterocycles. The van der Waals surface area contributed by atoms with Crippen molar-refractivity contribution in [3.8, 4) is 0 Å². The topological polar surface area (TPSA) is 65.6 Å². The third kappa shape index (κ3) is 3.64. The first kappa shape index (κ1) is 18.3. The molecular weight excluding hydrogens is 354 g/mol. The molecule has 0 radical (unpaired) electrons. The Kier molecular flexibility index (Phi) is 5.12. The van der Waals surface area contributed by atoms with E-state index in [0.717, 1.165) is 29.7 Å². The second kappa shape index (κ2) is 7.86. The number of amides is 1. The first-order valence-electron chi connectivity index (χ1n) is 9.41. The molecule has 1 fully saturated rings. The van der Waals surface area contributed by atoms with E-state index in [9.17, 15) is 9.59 Å². The predicted molar refractivity (Wildman–Crippen MR) is 110 cm³/mol. The van der Waals surface area contributed by atoms with E-state index in [4.69, 9.17) is 4.74 Å². The summed E-state index contributed by atoms with van der Waals surface area (Å²) in [6.07, 6.45) is 0. The van der Waals surface area contributed by atoms with Gasteiger partial charge >= 0.3 is 0 Å². The van der Waals surface area contributed by atoms with E-state index >= 15 is 0 Å². The lowest BCUT2D eigenvalue weighted by Gasteiger charge is -2.31. The van der Waals surface area contributed by atoms with Gasteiger partial charge < -0.3 is 19.5 Å². The number of carbonyl (C=O) groups is 1. The number of aromatic nitrogens is 1. The number of benzene rings is 2. The van der Waals surface area contributed by atoms with E-state index in [0.29, 0.717) is 30.8 Å². The molecule has 0 bridgehead atoms. The zero-order chi connectivity index (χ0) is 19.5. The minimum atomic E-state index is -0.274. The van der Waals surface area contributed by atoms with Crippen LogP contribution in [-0.4, -0.2) is 49.1 Å². The van der Waals surface area contributed by atoms with Crippen molar-refractivity contribution < 1.29 is 9.53 Å². The molecule has 0 spiro atoms. The van der Waals surface area contributed by atoms with Gasteiger partial charge in [0.15, 0.2) is 0 Å². The number of hydrogen-bond donors (Lipinski definition) is 1. The number of pyridine rings is 1. The van der Waals surface area contributed by atoms with Crippen LogP contribution < -0.4 is 10.5 Å². The molecule has 1 saturated heterocycles. The summed E-state index contributed by atoms with van der Waals surface area (Å²) in [7, 11) is 1.77. The summed E-state index contributed by atoms with van der Waals surface area (Å²) in [5, 5.41) is 0.750. The number of anilines is 1. The van der Waals surface area contributed by atoms with Crippen LogP contribution >= 0.6 is 0 Å². The number of nitrogens with one attached hydrogen (secondary N) is 1. The van der Waals surface area contributed by atoms with Gasteiger partial charge in [0.25, 0.3) is 5.91 Å². The van der Waals surface area contributed by atoms with Crippen molar-refractivity contribution in [2.75, 3.05) is 38.3 Å². The third-order valence-corrected chi connectivity index (χ3v) is 5.08. The van der Waals surface area contributed by atoms with Crippen LogP contribution in [0.5, 0.6) is 0 Å². The van der Waals surface area contributed by atoms with Crippen molar-refractivity contribution in [3.05, 3.63) is 76.1 Å². The second-order valence-electron chi connectivity index (χ2n) is 6.98. The lowest BCUT2D eigenvalue weighted by molar-refractivity contribution is 0.0786. The summed E-state index contributed by atoms with van der Waals surface area (Å²) >= 11 is 0. The maximum Gasteiger partial charge on any atom is 0.254 e. The Balaban J connectivity index is 1.62. The largest absolute Gasteiger partial charge is 0.378 e. The Morgan fingerprint density at radius 3 is 2.64 bits per heavy atom. The summed E-state index contributed by atoms with van der Waals surface area (Å²) in [6, 6.07) is 16.9. The minimum Gasteiger partial charge on any atom is -0.378 e. The highest BCUT2D eigenvalue weighted by atomic mass is 16.5. The van der Waals surface area contributed by atoms with Crippen LogP contribution in [0.3, 0.4) is 0 Å². The fourth-order valence-corrected chi connectivity index (χ4v) is 3.67. The van der Waals surface area contributed by atoms with Gasteiger partial charge in [0, 0.05) is 49.3 Å². The van der Waals surface area contributed by atoms with E-state index < -0.39 is 0 Å². The summed E-state index contributed by atoms with van der Waals surface area (Å²) in [6.45, 7) is 3.57. The zero-order valence-electron chi connectivity index (χ0n) is 15.9. The molecule has 0 aliphatic carbocycles. The first-order valence-corrected chi connectivity index (χ1v) is 9.41. The molecule has 2 heterocycles. The number of aromatic amines is 1. The lowest BCUT2D eigenvalue weighted by atomic mass is 10.1. The monoisotopic (exact) mass is 377 g/mol. The minimum absolute atomic E-state index is 0.168. The number of para-hydroxylation sites is 2. The van der Waals surface area contributed by atoms with Gasteiger partial charge in [0.1, 0.15) is 0 Å². The number of carbonyl (C=O) groups excluding carboxylic acids is 1. The molecule has 2 aromatic carbocycles. The van der Waals surface area contributed by atoms with E-state index in [-0.39, 0.29) is 11.5 Å². The number of hydrogen-bond acceptors (Lipinski definition) is 4. The van der Waals surface area contributed by atoms with Crippen LogP contribution in [0.4, 0.5) is 5.69 Å². The van der Waals surface area contributed by atoms with Gasteiger partial charge in [-0.1, -0.05) is 36.4 Å². The average molecular weight is 377 g/mol. The fourth-order valence-electron chi connectivity index (χ4n) is 3.67. The standard InChI is InChI=1S/C22H23N3O3/c1-24(15-16-6-2-5-9-20(16)25-10-12-28-13-11-25)22(27)18-14-21(26)23-19-8-4-3-7-17(18)19/h2-9,14H,10-13,15H2,1H3,(H,23,26). The van der Waals surface area contributed by atoms with Gasteiger partial charge in [-0.05, 0) is 17.7 Å². The lowest BCUT2D eigenvalue weighted by Crippen LogP contribution is -2.37. The van der Waals surface area contributed by atoms with Crippen LogP contribution in [0.25, 0.3) is 10.9 Å². The molecule has 1 amide bonds. The summed E-state index contributed by atoms with van der Waals surface area (Å²) in [4.78, 5) is 31.9. The number of fused-ring (bicyclic) bond motifs is 1. The highest BCUT2D eigenvalue weighted by Gasteiger charge is 2.19. The molecule has 6 nitrogen and oxygen atoms in total. The Morgan fingerprint density at radius 2 is 1.82 bits per heavy atom. The molecule has 0 unspecified atom stereocenters. The summed E-state index contributed by atoms with van der Waals surface area (Å²) < 4.78 is 5.45. The van der Waals surface area contributed by atoms with E-state index in [2.05, 4.69) is 16.0 Å². The molecule has 4 rings (SSSR count). The van der Waals surface area contributed by atoms with Crippen LogP contribution in [0.15, 0.2) is 59.4 Å². The maximum absolute atomic E-state index is 13.1. The molecule has 6 heteroatoms. The van der Waals surface area contributed by atoms with Gasteiger partial charge in [-0.15, -0.1) is 0 Å². The van der Waals surface area contributed by atoms with Crippen LogP contribution in [0.1, 0.15) is 15.9 Å². The first-order chi connectivity index (χ1) is 13.6. The highest BCUT2D eigenvalue weighted by Crippen LogP contribution is 2.24. The van der Waals surface area contributed by atoms with Crippen molar-refractivity contribution in [1.29, 1.82) is 0 Å². The second-order valence-corrected chi connectivity index (χ2v) is 6.98. The molecule has 0 saturated carbocycles. The van der Waals surface area contributed by atoms with Gasteiger partial charge in [-0.25, -0.2) is 0 Å². The van der Waals surface area contributed by atoms with Crippen LogP contribution in [-0.2, 0) is 11.3 Å².